The van der Waals surface area contributed by atoms with Crippen molar-refractivity contribution in [2.24, 2.45) is 0 Å². The molecule has 0 aromatic carbocycles. The van der Waals surface area contributed by atoms with Gasteiger partial charge >= 0.3 is 5.97 Å². The molecule has 0 aliphatic carbocycles. The highest BCUT2D eigenvalue weighted by Crippen LogP contribution is 1.96. The van der Waals surface area contributed by atoms with Gasteiger partial charge in [0.15, 0.2) is 0 Å². The Hall–Kier alpha value is -1.01. The lowest BCUT2D eigenvalue weighted by atomic mass is 10.2. The molecule has 0 unspecified atom stereocenters. The smallest absolute Gasteiger partial charge is 0.305 e. The summed E-state index contributed by atoms with van der Waals surface area (Å²) in [6, 6.07) is 0. The van der Waals surface area contributed by atoms with Crippen molar-refractivity contribution in [3.05, 3.63) is 0 Å². The standard InChI is InChI=1S/C7H10O3/c1-3-6(8)4-5-7(9)10-2/h1,6,8H,4-5H2,2H3/t6-/m1/s1. The molecule has 0 fully saturated rings. The van der Waals surface area contributed by atoms with Crippen LogP contribution < -0.4 is 0 Å². The van der Waals surface area contributed by atoms with Crippen LogP contribution in [0.1, 0.15) is 12.8 Å². The molecule has 1 atom stereocenters. The minimum Gasteiger partial charge on any atom is -0.469 e. The van der Waals surface area contributed by atoms with Gasteiger partial charge in [-0.2, -0.15) is 0 Å². The summed E-state index contributed by atoms with van der Waals surface area (Å²) in [6.45, 7) is 0. The average molecular weight is 142 g/mol. The highest BCUT2D eigenvalue weighted by molar-refractivity contribution is 5.69. The van der Waals surface area contributed by atoms with Crippen LogP contribution in [0.25, 0.3) is 0 Å². The van der Waals surface area contributed by atoms with E-state index in [1.54, 1.807) is 0 Å². The molecule has 0 saturated heterocycles. The van der Waals surface area contributed by atoms with Gasteiger partial charge in [-0.1, -0.05) is 5.92 Å². The molecular weight excluding hydrogens is 132 g/mol. The first-order chi connectivity index (χ1) is 4.70. The predicted molar refractivity (Wildman–Crippen MR) is 36.1 cm³/mol. The molecule has 0 saturated carbocycles. The number of terminal acetylenes is 1. The second-order valence-electron chi connectivity index (χ2n) is 1.80. The maximum absolute atomic E-state index is 10.4. The first-order valence-electron chi connectivity index (χ1n) is 2.91. The molecule has 0 spiro atoms. The summed E-state index contributed by atoms with van der Waals surface area (Å²) in [5.41, 5.74) is 0. The van der Waals surface area contributed by atoms with Crippen molar-refractivity contribution < 1.29 is 14.6 Å². The van der Waals surface area contributed by atoms with Crippen LogP contribution in [0.4, 0.5) is 0 Å². The van der Waals surface area contributed by atoms with E-state index in [1.807, 2.05) is 0 Å². The maximum Gasteiger partial charge on any atom is 0.305 e. The number of hydrogen-bond donors (Lipinski definition) is 1. The Balaban J connectivity index is 3.37. The fourth-order valence-electron chi connectivity index (χ4n) is 0.440. The number of esters is 1. The van der Waals surface area contributed by atoms with Crippen molar-refractivity contribution in [3.63, 3.8) is 0 Å². The summed E-state index contributed by atoms with van der Waals surface area (Å²) in [5.74, 6) is 1.74. The Kier molecular flexibility index (Phi) is 4.34. The lowest BCUT2D eigenvalue weighted by Crippen LogP contribution is -2.07. The monoisotopic (exact) mass is 142 g/mol. The van der Waals surface area contributed by atoms with Crippen LogP contribution in [0.2, 0.25) is 0 Å². The molecule has 56 valence electrons. The first kappa shape index (κ1) is 8.99. The lowest BCUT2D eigenvalue weighted by molar-refractivity contribution is -0.141. The third-order valence-electron chi connectivity index (χ3n) is 1.04. The van der Waals surface area contributed by atoms with E-state index in [4.69, 9.17) is 11.5 Å². The lowest BCUT2D eigenvalue weighted by Gasteiger charge is -2.00. The highest BCUT2D eigenvalue weighted by atomic mass is 16.5. The molecule has 0 radical (unpaired) electrons. The van der Waals surface area contributed by atoms with Crippen LogP contribution in [0, 0.1) is 12.3 Å². The number of methoxy groups -OCH3 is 1. The molecule has 10 heavy (non-hydrogen) atoms. The molecule has 0 bridgehead atoms. The number of ether oxygens (including phenoxy) is 1. The quantitative estimate of drug-likeness (QED) is 0.443. The number of aliphatic hydroxyl groups is 1. The molecule has 3 heteroatoms. The molecular formula is C7H10O3. The van der Waals surface area contributed by atoms with Crippen LogP contribution >= 0.6 is 0 Å². The summed E-state index contributed by atoms with van der Waals surface area (Å²) in [5, 5.41) is 8.76. The van der Waals surface area contributed by atoms with Gasteiger partial charge in [0.1, 0.15) is 6.10 Å². The number of hydrogen-bond acceptors (Lipinski definition) is 3. The third-order valence-corrected chi connectivity index (χ3v) is 1.04. The van der Waals surface area contributed by atoms with E-state index in [1.165, 1.54) is 7.11 Å². The van der Waals surface area contributed by atoms with E-state index in [-0.39, 0.29) is 18.8 Å². The Labute approximate surface area is 60.0 Å². The second kappa shape index (κ2) is 4.83. The zero-order chi connectivity index (χ0) is 7.98. The van der Waals surface area contributed by atoms with Gasteiger partial charge in [-0.25, -0.2) is 0 Å². The molecule has 0 aromatic heterocycles. The van der Waals surface area contributed by atoms with Gasteiger partial charge in [0.2, 0.25) is 0 Å². The van der Waals surface area contributed by atoms with Crippen molar-refractivity contribution in [2.45, 2.75) is 18.9 Å². The molecule has 0 aliphatic rings. The van der Waals surface area contributed by atoms with E-state index in [0.717, 1.165) is 0 Å². The summed E-state index contributed by atoms with van der Waals surface area (Å²) in [4.78, 5) is 10.4. The molecule has 1 N–H and O–H groups in total. The minimum absolute atomic E-state index is 0.169. The Morgan fingerprint density at radius 3 is 2.90 bits per heavy atom. The van der Waals surface area contributed by atoms with Crippen molar-refractivity contribution in [1.29, 1.82) is 0 Å². The van der Waals surface area contributed by atoms with Crippen molar-refractivity contribution in [2.75, 3.05) is 7.11 Å². The van der Waals surface area contributed by atoms with E-state index < -0.39 is 6.10 Å². The van der Waals surface area contributed by atoms with Crippen LogP contribution in [0.3, 0.4) is 0 Å². The van der Waals surface area contributed by atoms with Gasteiger partial charge in [0.25, 0.3) is 0 Å². The minimum atomic E-state index is -0.834. The van der Waals surface area contributed by atoms with Gasteiger partial charge in [0.05, 0.1) is 7.11 Å². The van der Waals surface area contributed by atoms with Crippen LogP contribution in [0.15, 0.2) is 0 Å². The summed E-state index contributed by atoms with van der Waals surface area (Å²) in [7, 11) is 1.30. The van der Waals surface area contributed by atoms with Gasteiger partial charge in [-0.15, -0.1) is 6.42 Å². The zero-order valence-corrected chi connectivity index (χ0v) is 5.83. The number of carbonyl (C=O) groups excluding carboxylic acids is 1. The Morgan fingerprint density at radius 1 is 1.90 bits per heavy atom. The molecule has 0 amide bonds. The largest absolute Gasteiger partial charge is 0.469 e. The molecule has 0 aliphatic heterocycles. The summed E-state index contributed by atoms with van der Waals surface area (Å²) >= 11 is 0. The van der Waals surface area contributed by atoms with Crippen LogP contribution in [-0.4, -0.2) is 24.3 Å². The van der Waals surface area contributed by atoms with Crippen molar-refractivity contribution in [3.8, 4) is 12.3 Å². The first-order valence-corrected chi connectivity index (χ1v) is 2.91. The molecule has 0 aromatic rings. The fourth-order valence-corrected chi connectivity index (χ4v) is 0.440. The fraction of sp³-hybridized carbons (Fsp3) is 0.571. The van der Waals surface area contributed by atoms with E-state index in [2.05, 4.69) is 10.7 Å². The van der Waals surface area contributed by atoms with Gasteiger partial charge < -0.3 is 9.84 Å². The maximum atomic E-state index is 10.4. The third kappa shape index (κ3) is 3.93. The second-order valence-corrected chi connectivity index (χ2v) is 1.80. The van der Waals surface area contributed by atoms with E-state index in [9.17, 15) is 4.79 Å². The summed E-state index contributed by atoms with van der Waals surface area (Å²) in [6.07, 6.45) is 4.45. The van der Waals surface area contributed by atoms with E-state index >= 15 is 0 Å². The number of rotatable bonds is 3. The molecule has 0 rings (SSSR count). The number of carbonyl (C=O) groups is 1. The van der Waals surface area contributed by atoms with Gasteiger partial charge in [-0.3, -0.25) is 4.79 Å². The Morgan fingerprint density at radius 2 is 2.50 bits per heavy atom. The SMILES string of the molecule is C#C[C@@H](O)CCC(=O)OC. The van der Waals surface area contributed by atoms with Crippen LogP contribution in [-0.2, 0) is 9.53 Å². The zero-order valence-electron chi connectivity index (χ0n) is 5.83. The molecule has 3 nitrogen and oxygen atoms in total. The van der Waals surface area contributed by atoms with Crippen molar-refractivity contribution in [1.82, 2.24) is 0 Å². The average Bonchev–Trinajstić information content (AvgIpc) is 1.99. The van der Waals surface area contributed by atoms with Crippen molar-refractivity contribution >= 4 is 5.97 Å². The highest BCUT2D eigenvalue weighted by Gasteiger charge is 2.03. The van der Waals surface area contributed by atoms with Crippen LogP contribution in [0.5, 0.6) is 0 Å². The number of aliphatic hydroxyl groups excluding tert-OH is 1. The summed E-state index contributed by atoms with van der Waals surface area (Å²) < 4.78 is 4.33. The molecule has 0 heterocycles. The topological polar surface area (TPSA) is 46.5 Å². The van der Waals surface area contributed by atoms with Gasteiger partial charge in [0, 0.05) is 6.42 Å². The normalized spacial score (nSPS) is 11.7. The Bertz CT molecular complexity index is 145. The van der Waals surface area contributed by atoms with E-state index in [0.29, 0.717) is 0 Å². The van der Waals surface area contributed by atoms with Gasteiger partial charge in [-0.05, 0) is 6.42 Å². The predicted octanol–water partition coefficient (Wildman–Crippen LogP) is -0.0663.